The molecule has 0 aromatic heterocycles. The van der Waals surface area contributed by atoms with Crippen LogP contribution >= 0.6 is 0 Å². The number of allylic oxidation sites excluding steroid dienone is 2. The number of halogens is 3. The summed E-state index contributed by atoms with van der Waals surface area (Å²) in [6.07, 6.45) is -1.59. The van der Waals surface area contributed by atoms with Gasteiger partial charge in [0.2, 0.25) is 0 Å². The molecule has 26 heavy (non-hydrogen) atoms. The lowest BCUT2D eigenvalue weighted by Crippen LogP contribution is -2.04. The monoisotopic (exact) mass is 380 g/mol. The second-order valence-corrected chi connectivity index (χ2v) is 8.86. The molecule has 0 amide bonds. The Hall–Kier alpha value is -2.08. The van der Waals surface area contributed by atoms with Crippen molar-refractivity contribution < 1.29 is 21.6 Å². The number of alkyl halides is 3. The Bertz CT molecular complexity index is 938. The zero-order valence-corrected chi connectivity index (χ0v) is 15.3. The molecule has 1 unspecified atom stereocenters. The molecule has 1 aliphatic rings. The molecule has 0 saturated heterocycles. The highest BCUT2D eigenvalue weighted by atomic mass is 32.2. The zero-order chi connectivity index (χ0) is 19.1. The molecule has 0 spiro atoms. The lowest BCUT2D eigenvalue weighted by Gasteiger charge is -2.11. The van der Waals surface area contributed by atoms with Gasteiger partial charge >= 0.3 is 6.18 Å². The van der Waals surface area contributed by atoms with Crippen molar-refractivity contribution in [2.75, 3.05) is 6.26 Å². The van der Waals surface area contributed by atoms with Crippen LogP contribution in [0.1, 0.15) is 36.5 Å². The SMILES string of the molecule is CC1CC(c2ccc(C(F)(F)F)cc2)=C(c2ccc(S(C)(=O)=O)cc2)C1. The summed E-state index contributed by atoms with van der Waals surface area (Å²) in [6.45, 7) is 2.10. The van der Waals surface area contributed by atoms with Crippen molar-refractivity contribution in [3.05, 3.63) is 65.2 Å². The van der Waals surface area contributed by atoms with Crippen molar-refractivity contribution in [1.29, 1.82) is 0 Å². The van der Waals surface area contributed by atoms with Gasteiger partial charge in [0, 0.05) is 6.26 Å². The van der Waals surface area contributed by atoms with Gasteiger partial charge in [0.25, 0.3) is 0 Å². The lowest BCUT2D eigenvalue weighted by atomic mass is 9.96. The Morgan fingerprint density at radius 3 is 1.65 bits per heavy atom. The Morgan fingerprint density at radius 1 is 0.846 bits per heavy atom. The van der Waals surface area contributed by atoms with Gasteiger partial charge < -0.3 is 0 Å². The molecule has 138 valence electrons. The Kier molecular flexibility index (Phi) is 4.73. The van der Waals surface area contributed by atoms with E-state index in [1.54, 1.807) is 24.3 Å². The molecule has 6 heteroatoms. The van der Waals surface area contributed by atoms with E-state index in [1.807, 2.05) is 0 Å². The van der Waals surface area contributed by atoms with Gasteiger partial charge in [-0.2, -0.15) is 13.2 Å². The first-order valence-electron chi connectivity index (χ1n) is 8.26. The Labute approximate surface area is 151 Å². The van der Waals surface area contributed by atoms with E-state index in [2.05, 4.69) is 6.92 Å². The minimum Gasteiger partial charge on any atom is -0.224 e. The average Bonchev–Trinajstić information content (AvgIpc) is 2.95. The van der Waals surface area contributed by atoms with Crippen molar-refractivity contribution in [2.24, 2.45) is 5.92 Å². The first-order chi connectivity index (χ1) is 12.1. The quantitative estimate of drug-likeness (QED) is 0.710. The molecule has 1 atom stereocenters. The third-order valence-electron chi connectivity index (χ3n) is 4.66. The number of sulfone groups is 1. The van der Waals surface area contributed by atoms with Gasteiger partial charge in [-0.3, -0.25) is 0 Å². The molecule has 0 heterocycles. The highest BCUT2D eigenvalue weighted by Gasteiger charge is 2.30. The number of benzene rings is 2. The van der Waals surface area contributed by atoms with Crippen LogP contribution in [-0.4, -0.2) is 14.7 Å². The highest BCUT2D eigenvalue weighted by Crippen LogP contribution is 2.43. The minimum absolute atomic E-state index is 0.254. The van der Waals surface area contributed by atoms with Crippen LogP contribution < -0.4 is 0 Å². The van der Waals surface area contributed by atoms with Gasteiger partial charge in [-0.1, -0.05) is 31.2 Å². The van der Waals surface area contributed by atoms with Crippen LogP contribution in [0.25, 0.3) is 11.1 Å². The van der Waals surface area contributed by atoms with Crippen LogP contribution in [0.2, 0.25) is 0 Å². The summed E-state index contributed by atoms with van der Waals surface area (Å²) >= 11 is 0. The van der Waals surface area contributed by atoms with E-state index in [4.69, 9.17) is 0 Å². The number of hydrogen-bond acceptors (Lipinski definition) is 2. The maximum absolute atomic E-state index is 12.8. The number of rotatable bonds is 3. The van der Waals surface area contributed by atoms with Gasteiger partial charge in [-0.15, -0.1) is 0 Å². The molecule has 2 nitrogen and oxygen atoms in total. The predicted octanol–water partition coefficient (Wildman–Crippen LogP) is 5.45. The minimum atomic E-state index is -4.35. The summed E-state index contributed by atoms with van der Waals surface area (Å²) < 4.78 is 61.5. The molecule has 0 radical (unpaired) electrons. The lowest BCUT2D eigenvalue weighted by molar-refractivity contribution is -0.137. The van der Waals surface area contributed by atoms with Gasteiger partial charge in [0.1, 0.15) is 0 Å². The van der Waals surface area contributed by atoms with Crippen molar-refractivity contribution >= 4 is 21.0 Å². The maximum atomic E-state index is 12.8. The molecule has 0 saturated carbocycles. The average molecular weight is 380 g/mol. The van der Waals surface area contributed by atoms with Gasteiger partial charge in [0.05, 0.1) is 10.5 Å². The van der Waals surface area contributed by atoms with Crippen LogP contribution in [0.15, 0.2) is 53.4 Å². The molecule has 0 fully saturated rings. The topological polar surface area (TPSA) is 34.1 Å². The summed E-state index contributed by atoms with van der Waals surface area (Å²) in [5, 5.41) is 0. The standard InChI is InChI=1S/C20H19F3O2S/c1-13-11-18(14-3-7-16(8-4-14)20(21,22)23)19(12-13)15-5-9-17(10-6-15)26(2,24)25/h3-10,13H,11-12H2,1-2H3. The van der Waals surface area contributed by atoms with Crippen LogP contribution in [0.5, 0.6) is 0 Å². The molecular formula is C20H19F3O2S. The van der Waals surface area contributed by atoms with E-state index in [9.17, 15) is 21.6 Å². The highest BCUT2D eigenvalue weighted by molar-refractivity contribution is 7.90. The first-order valence-corrected chi connectivity index (χ1v) is 10.1. The summed E-state index contributed by atoms with van der Waals surface area (Å²) in [7, 11) is -3.26. The fourth-order valence-corrected chi connectivity index (χ4v) is 3.99. The zero-order valence-electron chi connectivity index (χ0n) is 14.5. The van der Waals surface area contributed by atoms with Crippen LogP contribution in [0.4, 0.5) is 13.2 Å². The summed E-state index contributed by atoms with van der Waals surface area (Å²) in [5.41, 5.74) is 3.13. The van der Waals surface area contributed by atoms with Crippen LogP contribution in [-0.2, 0) is 16.0 Å². The summed E-state index contributed by atoms with van der Waals surface area (Å²) in [4.78, 5) is 0.254. The largest absolute Gasteiger partial charge is 0.416 e. The van der Waals surface area contributed by atoms with Crippen molar-refractivity contribution in [2.45, 2.75) is 30.8 Å². The Balaban J connectivity index is 2.00. The van der Waals surface area contributed by atoms with Gasteiger partial charge in [-0.05, 0) is 65.3 Å². The Morgan fingerprint density at radius 2 is 1.27 bits per heavy atom. The van der Waals surface area contributed by atoms with Crippen molar-refractivity contribution in [1.82, 2.24) is 0 Å². The molecule has 0 N–H and O–H groups in total. The second-order valence-electron chi connectivity index (χ2n) is 6.84. The molecular weight excluding hydrogens is 361 g/mol. The third kappa shape index (κ3) is 3.85. The number of hydrogen-bond donors (Lipinski definition) is 0. The van der Waals surface area contributed by atoms with E-state index in [0.717, 1.165) is 53.5 Å². The van der Waals surface area contributed by atoms with Crippen molar-refractivity contribution in [3.63, 3.8) is 0 Å². The molecule has 3 rings (SSSR count). The van der Waals surface area contributed by atoms with E-state index < -0.39 is 21.6 Å². The fraction of sp³-hybridized carbons (Fsp3) is 0.300. The van der Waals surface area contributed by atoms with E-state index in [-0.39, 0.29) is 4.90 Å². The third-order valence-corrected chi connectivity index (χ3v) is 5.79. The van der Waals surface area contributed by atoms with Crippen LogP contribution in [0.3, 0.4) is 0 Å². The fourth-order valence-electron chi connectivity index (χ4n) is 3.36. The molecule has 2 aromatic carbocycles. The van der Waals surface area contributed by atoms with Crippen molar-refractivity contribution in [3.8, 4) is 0 Å². The van der Waals surface area contributed by atoms with Crippen LogP contribution in [0, 0.1) is 5.92 Å². The molecule has 1 aliphatic carbocycles. The maximum Gasteiger partial charge on any atom is 0.416 e. The molecule has 2 aromatic rings. The van der Waals surface area contributed by atoms with Gasteiger partial charge in [-0.25, -0.2) is 8.42 Å². The van der Waals surface area contributed by atoms with E-state index in [1.165, 1.54) is 12.1 Å². The second kappa shape index (κ2) is 6.58. The summed E-state index contributed by atoms with van der Waals surface area (Å²) in [5.74, 6) is 0.386. The molecule has 0 aliphatic heterocycles. The predicted molar refractivity (Wildman–Crippen MR) is 96.2 cm³/mol. The smallest absolute Gasteiger partial charge is 0.224 e. The van der Waals surface area contributed by atoms with Gasteiger partial charge in [0.15, 0.2) is 9.84 Å². The summed E-state index contributed by atoms with van der Waals surface area (Å²) in [6, 6.07) is 11.9. The normalized spacial score (nSPS) is 18.4. The van der Waals surface area contributed by atoms with E-state index in [0.29, 0.717) is 5.92 Å². The van der Waals surface area contributed by atoms with E-state index >= 15 is 0 Å². The molecule has 0 bridgehead atoms. The first kappa shape index (κ1) is 18.7.